The van der Waals surface area contributed by atoms with Gasteiger partial charge in [-0.05, 0) is 31.9 Å². The van der Waals surface area contributed by atoms with Crippen LogP contribution in [0.1, 0.15) is 30.9 Å². The van der Waals surface area contributed by atoms with Gasteiger partial charge in [-0.3, -0.25) is 0 Å². The Labute approximate surface area is 103 Å². The topological polar surface area (TPSA) is 27.7 Å². The molecule has 1 aliphatic rings. The van der Waals surface area contributed by atoms with E-state index < -0.39 is 0 Å². The summed E-state index contributed by atoms with van der Waals surface area (Å²) < 4.78 is 16.7. The van der Waals surface area contributed by atoms with Crippen molar-refractivity contribution < 1.29 is 14.2 Å². The highest BCUT2D eigenvalue weighted by Gasteiger charge is 2.39. The average Bonchev–Trinajstić information content (AvgIpc) is 2.72. The minimum atomic E-state index is -0.306. The number of hydrogen-bond donors (Lipinski definition) is 0. The van der Waals surface area contributed by atoms with E-state index in [4.69, 9.17) is 14.2 Å². The van der Waals surface area contributed by atoms with Crippen molar-refractivity contribution in [1.29, 1.82) is 0 Å². The molecule has 1 heterocycles. The summed E-state index contributed by atoms with van der Waals surface area (Å²) in [6.45, 7) is 4.15. The van der Waals surface area contributed by atoms with Crippen molar-refractivity contribution in [3.05, 3.63) is 29.3 Å². The van der Waals surface area contributed by atoms with E-state index in [0.29, 0.717) is 0 Å². The minimum Gasteiger partial charge on any atom is -0.496 e. The molecule has 3 heteroatoms. The van der Waals surface area contributed by atoms with E-state index in [1.54, 1.807) is 14.2 Å². The molecule has 0 aromatic heterocycles. The van der Waals surface area contributed by atoms with Crippen molar-refractivity contribution in [2.45, 2.75) is 38.6 Å². The van der Waals surface area contributed by atoms with Gasteiger partial charge in [-0.25, -0.2) is 0 Å². The lowest BCUT2D eigenvalue weighted by atomic mass is 9.91. The molecule has 0 spiro atoms. The van der Waals surface area contributed by atoms with Gasteiger partial charge >= 0.3 is 0 Å². The highest BCUT2D eigenvalue weighted by atomic mass is 16.7. The van der Waals surface area contributed by atoms with E-state index in [1.807, 2.05) is 6.07 Å². The quantitative estimate of drug-likeness (QED) is 0.807. The normalized spacial score (nSPS) is 28.4. The molecular formula is C14H20O3. The second kappa shape index (κ2) is 4.67. The number of hydrogen-bond acceptors (Lipinski definition) is 3. The Bertz CT molecular complexity index is 402. The number of rotatable bonds is 3. The maximum atomic E-state index is 5.96. The van der Waals surface area contributed by atoms with Crippen LogP contribution in [0.2, 0.25) is 0 Å². The molecule has 1 aliphatic heterocycles. The van der Waals surface area contributed by atoms with E-state index in [-0.39, 0.29) is 11.9 Å². The van der Waals surface area contributed by atoms with Gasteiger partial charge in [0, 0.05) is 19.1 Å². The van der Waals surface area contributed by atoms with E-state index in [0.717, 1.165) is 24.2 Å². The molecule has 17 heavy (non-hydrogen) atoms. The van der Waals surface area contributed by atoms with Crippen LogP contribution in [-0.4, -0.2) is 20.5 Å². The molecular weight excluding hydrogens is 216 g/mol. The van der Waals surface area contributed by atoms with Gasteiger partial charge in [-0.1, -0.05) is 12.1 Å². The lowest BCUT2D eigenvalue weighted by molar-refractivity contribution is -0.152. The summed E-state index contributed by atoms with van der Waals surface area (Å²) in [6.07, 6.45) is 1.76. The third-order valence-corrected chi connectivity index (χ3v) is 3.44. The van der Waals surface area contributed by atoms with Crippen molar-refractivity contribution in [3.63, 3.8) is 0 Å². The molecule has 1 aromatic rings. The van der Waals surface area contributed by atoms with Crippen molar-refractivity contribution >= 4 is 0 Å². The number of methoxy groups -OCH3 is 2. The monoisotopic (exact) mass is 236 g/mol. The van der Waals surface area contributed by atoms with E-state index >= 15 is 0 Å². The maximum absolute atomic E-state index is 5.96. The van der Waals surface area contributed by atoms with Crippen LogP contribution in [-0.2, 0) is 15.1 Å². The first kappa shape index (κ1) is 12.4. The Morgan fingerprint density at radius 2 is 2.12 bits per heavy atom. The maximum Gasteiger partial charge on any atom is 0.158 e. The van der Waals surface area contributed by atoms with Crippen LogP contribution in [0, 0.1) is 6.92 Å². The van der Waals surface area contributed by atoms with Gasteiger partial charge in [-0.15, -0.1) is 0 Å². The van der Waals surface area contributed by atoms with Crippen LogP contribution < -0.4 is 4.74 Å². The van der Waals surface area contributed by atoms with Gasteiger partial charge < -0.3 is 14.2 Å². The summed E-state index contributed by atoms with van der Waals surface area (Å²) in [4.78, 5) is 0. The van der Waals surface area contributed by atoms with Gasteiger partial charge in [0.2, 0.25) is 0 Å². The standard InChI is InChI=1S/C14H20O3/c1-10-5-6-11(12(9-10)15-3)14(2)8-7-13(16-4)17-14/h5-6,9,13H,7-8H2,1-4H3. The molecule has 0 N–H and O–H groups in total. The number of benzene rings is 1. The highest BCUT2D eigenvalue weighted by molar-refractivity contribution is 5.41. The Morgan fingerprint density at radius 3 is 2.71 bits per heavy atom. The molecule has 0 amide bonds. The molecule has 1 aromatic carbocycles. The van der Waals surface area contributed by atoms with Crippen LogP contribution in [0.25, 0.3) is 0 Å². The molecule has 1 fully saturated rings. The first-order valence-electron chi connectivity index (χ1n) is 5.95. The minimum absolute atomic E-state index is 0.106. The van der Waals surface area contributed by atoms with Crippen LogP contribution in [0.3, 0.4) is 0 Å². The smallest absolute Gasteiger partial charge is 0.158 e. The molecule has 1 saturated heterocycles. The lowest BCUT2D eigenvalue weighted by Crippen LogP contribution is -2.23. The van der Waals surface area contributed by atoms with Crippen molar-refractivity contribution in [1.82, 2.24) is 0 Å². The van der Waals surface area contributed by atoms with Gasteiger partial charge in [0.25, 0.3) is 0 Å². The third kappa shape index (κ3) is 2.31. The van der Waals surface area contributed by atoms with E-state index in [1.165, 1.54) is 5.56 Å². The molecule has 0 aliphatic carbocycles. The molecule has 2 unspecified atom stereocenters. The largest absolute Gasteiger partial charge is 0.496 e. The van der Waals surface area contributed by atoms with Crippen molar-refractivity contribution in [2.75, 3.05) is 14.2 Å². The number of ether oxygens (including phenoxy) is 3. The van der Waals surface area contributed by atoms with Crippen molar-refractivity contribution in [3.8, 4) is 5.75 Å². The lowest BCUT2D eigenvalue weighted by Gasteiger charge is -2.27. The summed E-state index contributed by atoms with van der Waals surface area (Å²) in [6, 6.07) is 6.23. The Hall–Kier alpha value is -1.06. The summed E-state index contributed by atoms with van der Waals surface area (Å²) in [7, 11) is 3.38. The summed E-state index contributed by atoms with van der Waals surface area (Å²) in [5.74, 6) is 0.893. The number of aryl methyl sites for hydroxylation is 1. The average molecular weight is 236 g/mol. The first-order valence-corrected chi connectivity index (χ1v) is 5.95. The molecule has 0 radical (unpaired) electrons. The van der Waals surface area contributed by atoms with Crippen LogP contribution >= 0.6 is 0 Å². The van der Waals surface area contributed by atoms with Gasteiger partial charge in [0.1, 0.15) is 5.75 Å². The van der Waals surface area contributed by atoms with E-state index in [2.05, 4.69) is 26.0 Å². The molecule has 0 saturated carbocycles. The Kier molecular flexibility index (Phi) is 3.40. The van der Waals surface area contributed by atoms with Gasteiger partial charge in [0.15, 0.2) is 6.29 Å². The van der Waals surface area contributed by atoms with Gasteiger partial charge in [-0.2, -0.15) is 0 Å². The zero-order valence-electron chi connectivity index (χ0n) is 10.9. The van der Waals surface area contributed by atoms with Crippen molar-refractivity contribution in [2.24, 2.45) is 0 Å². The van der Waals surface area contributed by atoms with E-state index in [9.17, 15) is 0 Å². The summed E-state index contributed by atoms with van der Waals surface area (Å²) in [5, 5.41) is 0. The summed E-state index contributed by atoms with van der Waals surface area (Å²) in [5.41, 5.74) is 1.99. The molecule has 2 atom stereocenters. The first-order chi connectivity index (χ1) is 8.09. The molecule has 0 bridgehead atoms. The van der Waals surface area contributed by atoms with Crippen LogP contribution in [0.5, 0.6) is 5.75 Å². The predicted octanol–water partition coefficient (Wildman–Crippen LogP) is 3.00. The highest BCUT2D eigenvalue weighted by Crippen LogP contribution is 2.43. The fourth-order valence-electron chi connectivity index (χ4n) is 2.40. The second-order valence-electron chi connectivity index (χ2n) is 4.76. The zero-order valence-corrected chi connectivity index (χ0v) is 10.9. The van der Waals surface area contributed by atoms with Crippen LogP contribution in [0.4, 0.5) is 0 Å². The molecule has 3 nitrogen and oxygen atoms in total. The molecule has 94 valence electrons. The third-order valence-electron chi connectivity index (χ3n) is 3.44. The predicted molar refractivity (Wildman–Crippen MR) is 66.2 cm³/mol. The fraction of sp³-hybridized carbons (Fsp3) is 0.571. The summed E-state index contributed by atoms with van der Waals surface area (Å²) >= 11 is 0. The Morgan fingerprint density at radius 1 is 1.35 bits per heavy atom. The fourth-order valence-corrected chi connectivity index (χ4v) is 2.40. The van der Waals surface area contributed by atoms with Crippen LogP contribution in [0.15, 0.2) is 18.2 Å². The van der Waals surface area contributed by atoms with Gasteiger partial charge in [0.05, 0.1) is 12.7 Å². The SMILES string of the molecule is COc1cc(C)ccc1C1(C)CCC(OC)O1. The Balaban J connectivity index is 2.33. The zero-order chi connectivity index (χ0) is 12.5. The molecule has 2 rings (SSSR count). The second-order valence-corrected chi connectivity index (χ2v) is 4.76.